The molecule has 0 saturated heterocycles. The van der Waals surface area contributed by atoms with Gasteiger partial charge in [0.2, 0.25) is 11.7 Å². The van der Waals surface area contributed by atoms with Crippen molar-refractivity contribution in [2.45, 2.75) is 69.7 Å². The van der Waals surface area contributed by atoms with Gasteiger partial charge in [-0.1, -0.05) is 12.8 Å². The number of rotatable bonds is 4. The van der Waals surface area contributed by atoms with Gasteiger partial charge in [-0.3, -0.25) is 19.2 Å². The van der Waals surface area contributed by atoms with Gasteiger partial charge in [0.15, 0.2) is 11.4 Å². The van der Waals surface area contributed by atoms with Gasteiger partial charge in [-0.25, -0.2) is 4.39 Å². The number of carbonyl (C=O) groups excluding carboxylic acids is 4. The normalized spacial score (nSPS) is 28.0. The van der Waals surface area contributed by atoms with E-state index in [2.05, 4.69) is 5.32 Å². The van der Waals surface area contributed by atoms with E-state index in [1.807, 2.05) is 0 Å². The minimum atomic E-state index is -2.68. The van der Waals surface area contributed by atoms with Gasteiger partial charge < -0.3 is 36.4 Å². The summed E-state index contributed by atoms with van der Waals surface area (Å²) in [5.74, 6) is -8.59. The van der Waals surface area contributed by atoms with Crippen LogP contribution in [0.5, 0.6) is 5.75 Å². The second-order valence-electron chi connectivity index (χ2n) is 11.5. The fourth-order valence-electron chi connectivity index (χ4n) is 7.24. The van der Waals surface area contributed by atoms with Crippen LogP contribution in [0, 0.1) is 17.7 Å². The Morgan fingerprint density at radius 2 is 1.73 bits per heavy atom. The van der Waals surface area contributed by atoms with E-state index in [0.29, 0.717) is 0 Å². The van der Waals surface area contributed by atoms with Crippen LogP contribution in [0.1, 0.15) is 65.6 Å². The van der Waals surface area contributed by atoms with Crippen LogP contribution in [0.25, 0.3) is 0 Å². The molecule has 7 N–H and O–H groups in total. The summed E-state index contributed by atoms with van der Waals surface area (Å²) in [7, 11) is 0. The molecule has 11 nitrogen and oxygen atoms in total. The fraction of sp³-hybridized carbons (Fsp3) is 0.500. The van der Waals surface area contributed by atoms with E-state index >= 15 is 4.39 Å². The third-order valence-corrected chi connectivity index (χ3v) is 9.32. The monoisotopic (exact) mass is 555 g/mol. The molecule has 1 aromatic rings. The summed E-state index contributed by atoms with van der Waals surface area (Å²) in [4.78, 5) is 52.8. The molecule has 1 fully saturated rings. The molecule has 1 aromatic carbocycles. The van der Waals surface area contributed by atoms with Crippen molar-refractivity contribution in [1.82, 2.24) is 10.2 Å². The number of allylic oxidation sites excluding steroid dienone is 2. The van der Waals surface area contributed by atoms with E-state index in [9.17, 15) is 39.6 Å². The number of nitrogens with zero attached hydrogens (tertiary/aromatic N) is 1. The lowest BCUT2D eigenvalue weighted by molar-refractivity contribution is -0.144. The first-order valence-corrected chi connectivity index (χ1v) is 13.5. The number of fused-ring (bicyclic) bond motifs is 4. The van der Waals surface area contributed by atoms with E-state index < -0.39 is 63.6 Å². The Kier molecular flexibility index (Phi) is 6.04. The molecule has 212 valence electrons. The number of aliphatic hydroxyl groups is 3. The highest BCUT2D eigenvalue weighted by Crippen LogP contribution is 2.52. The Bertz CT molecular complexity index is 1460. The van der Waals surface area contributed by atoms with Crippen LogP contribution in [0.2, 0.25) is 0 Å². The smallest absolute Gasteiger partial charge is 0.255 e. The molecule has 1 unspecified atom stereocenters. The van der Waals surface area contributed by atoms with Crippen LogP contribution < -0.4 is 11.1 Å². The van der Waals surface area contributed by atoms with Gasteiger partial charge in [0.1, 0.15) is 28.7 Å². The van der Waals surface area contributed by atoms with Crippen LogP contribution in [-0.2, 0) is 33.9 Å². The largest absolute Gasteiger partial charge is 0.511 e. The van der Waals surface area contributed by atoms with Crippen LogP contribution in [-0.4, -0.2) is 66.9 Å². The van der Waals surface area contributed by atoms with Gasteiger partial charge in [0.25, 0.3) is 5.91 Å². The summed E-state index contributed by atoms with van der Waals surface area (Å²) >= 11 is 0. The zero-order valence-electron chi connectivity index (χ0n) is 21.6. The number of phenolic OH excluding ortho intramolecular Hbond substituents is 1. The number of hydrogen-bond donors (Lipinski definition) is 6. The predicted octanol–water partition coefficient (Wildman–Crippen LogP) is 1.09. The molecule has 1 aliphatic heterocycles. The Morgan fingerprint density at radius 3 is 2.40 bits per heavy atom. The molecule has 2 amide bonds. The Balaban J connectivity index is 1.34. The fourth-order valence-corrected chi connectivity index (χ4v) is 7.24. The molecular weight excluding hydrogens is 525 g/mol. The maximum Gasteiger partial charge on any atom is 0.255 e. The number of hydrogen-bond acceptors (Lipinski definition) is 9. The van der Waals surface area contributed by atoms with Gasteiger partial charge in [-0.05, 0) is 31.6 Å². The van der Waals surface area contributed by atoms with Crippen molar-refractivity contribution in [1.29, 1.82) is 0 Å². The topological polar surface area (TPSA) is 190 Å². The minimum Gasteiger partial charge on any atom is -0.511 e. The van der Waals surface area contributed by atoms with E-state index in [1.165, 1.54) is 4.90 Å². The van der Waals surface area contributed by atoms with Crippen molar-refractivity contribution >= 4 is 23.4 Å². The predicted molar refractivity (Wildman–Crippen MR) is 135 cm³/mol. The second-order valence-corrected chi connectivity index (χ2v) is 11.5. The number of aromatic hydroxyl groups is 1. The van der Waals surface area contributed by atoms with Crippen molar-refractivity contribution in [3.05, 3.63) is 50.7 Å². The highest BCUT2D eigenvalue weighted by molar-refractivity contribution is 6.24. The molecule has 0 radical (unpaired) electrons. The zero-order chi connectivity index (χ0) is 28.7. The first kappa shape index (κ1) is 26.5. The average molecular weight is 556 g/mol. The lowest BCUT2D eigenvalue weighted by Crippen LogP contribution is -2.57. The minimum absolute atomic E-state index is 0.0636. The van der Waals surface area contributed by atoms with Gasteiger partial charge in [-0.2, -0.15) is 0 Å². The Morgan fingerprint density at radius 1 is 1.05 bits per heavy atom. The molecule has 6 rings (SSSR count). The number of nitrogens with one attached hydrogen (secondary N) is 1. The van der Waals surface area contributed by atoms with Crippen molar-refractivity contribution in [3.63, 3.8) is 0 Å². The maximum absolute atomic E-state index is 15.9. The van der Waals surface area contributed by atoms with Crippen LogP contribution in [0.15, 0.2) is 22.7 Å². The van der Waals surface area contributed by atoms with E-state index in [4.69, 9.17) is 5.73 Å². The molecule has 12 heteroatoms. The van der Waals surface area contributed by atoms with Gasteiger partial charge in [0.05, 0.1) is 18.7 Å². The summed E-state index contributed by atoms with van der Waals surface area (Å²) in [5.41, 5.74) is 1.09. The van der Waals surface area contributed by atoms with Crippen molar-refractivity contribution in [2.75, 3.05) is 6.54 Å². The lowest BCUT2D eigenvalue weighted by atomic mass is 9.60. The summed E-state index contributed by atoms with van der Waals surface area (Å²) in [6.45, 7) is -0.0923. The summed E-state index contributed by atoms with van der Waals surface area (Å²) in [6.07, 6.45) is 3.60. The van der Waals surface area contributed by atoms with Crippen LogP contribution in [0.3, 0.4) is 0 Å². The quantitative estimate of drug-likeness (QED) is 0.295. The highest BCUT2D eigenvalue weighted by atomic mass is 19.1. The molecule has 3 atom stereocenters. The molecule has 0 spiro atoms. The van der Waals surface area contributed by atoms with Crippen LogP contribution >= 0.6 is 0 Å². The molecule has 0 bridgehead atoms. The number of aliphatic hydroxyl groups excluding tert-OH is 2. The number of primary amides is 1. The highest BCUT2D eigenvalue weighted by Gasteiger charge is 2.60. The maximum atomic E-state index is 15.9. The first-order valence-electron chi connectivity index (χ1n) is 13.5. The second kappa shape index (κ2) is 9.13. The summed E-state index contributed by atoms with van der Waals surface area (Å²) in [5, 5.41) is 47.1. The number of nitrogens with two attached hydrogens (primary N) is 1. The van der Waals surface area contributed by atoms with Gasteiger partial charge >= 0.3 is 0 Å². The number of halogens is 1. The molecule has 5 aliphatic rings. The number of Topliss-reactive ketones (excluding diaryl/α,β-unsaturated/α-hetero) is 2. The molecule has 0 aromatic heterocycles. The van der Waals surface area contributed by atoms with Crippen molar-refractivity contribution in [2.24, 2.45) is 17.6 Å². The van der Waals surface area contributed by atoms with E-state index in [1.54, 1.807) is 0 Å². The number of amides is 2. The third kappa shape index (κ3) is 3.62. The van der Waals surface area contributed by atoms with Crippen molar-refractivity contribution < 1.29 is 44.0 Å². The average Bonchev–Trinajstić information content (AvgIpc) is 3.58. The third-order valence-electron chi connectivity index (χ3n) is 9.32. The van der Waals surface area contributed by atoms with E-state index in [-0.39, 0.29) is 78.7 Å². The van der Waals surface area contributed by atoms with Gasteiger partial charge in [0, 0.05) is 47.2 Å². The van der Waals surface area contributed by atoms with Crippen molar-refractivity contribution in [3.8, 4) is 5.75 Å². The molecular formula is C28H30FN3O8. The first-order chi connectivity index (χ1) is 18.9. The van der Waals surface area contributed by atoms with Crippen LogP contribution in [0.4, 0.5) is 4.39 Å². The number of carbonyl (C=O) groups is 4. The standard InChI is InChI=1S/C28H30FN3O8/c29-22-14-6-11-5-12-7-17(33)21(27(30)39)26(38)28(12,40)25(37)19(11)24(36)20(14)23(35)16-10-32(9-15(16)22)18(34)8-31-13-3-1-2-4-13/h11-13,31,33,35,37,40H,1-10H2,(H2,30,39)/t11?,12-,28-/m0/s1. The van der Waals surface area contributed by atoms with E-state index in [0.717, 1.165) is 25.7 Å². The lowest BCUT2D eigenvalue weighted by Gasteiger charge is -2.45. The molecule has 4 aliphatic carbocycles. The summed E-state index contributed by atoms with van der Waals surface area (Å²) < 4.78 is 15.9. The number of ketones is 2. The number of benzene rings is 1. The zero-order valence-corrected chi connectivity index (χ0v) is 21.6. The molecule has 1 saturated carbocycles. The molecule has 40 heavy (non-hydrogen) atoms. The SMILES string of the molecule is NC(=O)C1=C(O)C[C@@H]2CC3Cc4c(F)c5c(c(O)c4C(=O)C3=C(O)[C@]2(O)C1=O)CN(C(=O)CNC1CCCC1)C5. The Labute approximate surface area is 228 Å². The molecule has 1 heterocycles. The Hall–Kier alpha value is -3.77. The van der Waals surface area contributed by atoms with Gasteiger partial charge in [-0.15, -0.1) is 0 Å². The number of phenols is 1. The summed E-state index contributed by atoms with van der Waals surface area (Å²) in [6, 6.07) is 0.259.